The van der Waals surface area contributed by atoms with Gasteiger partial charge >= 0.3 is 0 Å². The van der Waals surface area contributed by atoms with Gasteiger partial charge in [-0.2, -0.15) is 4.98 Å². The van der Waals surface area contributed by atoms with Gasteiger partial charge in [-0.15, -0.1) is 0 Å². The average molecular weight is 473 g/mol. The van der Waals surface area contributed by atoms with E-state index < -0.39 is 0 Å². The van der Waals surface area contributed by atoms with E-state index in [1.807, 2.05) is 60.7 Å². The lowest BCUT2D eigenvalue weighted by molar-refractivity contribution is 0.102. The minimum atomic E-state index is -0.353. The van der Waals surface area contributed by atoms with Crippen molar-refractivity contribution in [2.24, 2.45) is 0 Å². The first-order chi connectivity index (χ1) is 16.1. The van der Waals surface area contributed by atoms with Gasteiger partial charge in [0.15, 0.2) is 10.8 Å². The second-order valence-corrected chi connectivity index (χ2v) is 8.59. The fraction of sp³-hybridized carbons (Fsp3) is 0.0400. The maximum Gasteiger partial charge on any atom is 0.276 e. The van der Waals surface area contributed by atoms with Gasteiger partial charge in [-0.25, -0.2) is 4.98 Å². The van der Waals surface area contributed by atoms with E-state index in [2.05, 4.69) is 20.3 Å². The number of rotatable bonds is 5. The van der Waals surface area contributed by atoms with Crippen LogP contribution in [0.5, 0.6) is 5.75 Å². The number of thiazole rings is 1. The van der Waals surface area contributed by atoms with Crippen LogP contribution in [0.2, 0.25) is 5.02 Å². The van der Waals surface area contributed by atoms with Gasteiger partial charge in [0.05, 0.1) is 11.8 Å². The molecule has 3 heterocycles. The first-order valence-electron chi connectivity index (χ1n) is 10.0. The molecule has 0 aliphatic carbocycles. The molecule has 8 heteroatoms. The van der Waals surface area contributed by atoms with Crippen LogP contribution in [-0.4, -0.2) is 28.0 Å². The number of fused-ring (bicyclic) bond motifs is 1. The number of nitrogens with one attached hydrogen (secondary N) is 1. The van der Waals surface area contributed by atoms with Crippen molar-refractivity contribution < 1.29 is 9.53 Å². The summed E-state index contributed by atoms with van der Waals surface area (Å²) in [6, 6.07) is 20.7. The van der Waals surface area contributed by atoms with Crippen LogP contribution in [0.1, 0.15) is 10.5 Å². The number of hydrogen-bond donors (Lipinski definition) is 1. The molecule has 0 atom stereocenters. The predicted octanol–water partition coefficient (Wildman–Crippen LogP) is 6.33. The van der Waals surface area contributed by atoms with E-state index in [4.69, 9.17) is 16.3 Å². The van der Waals surface area contributed by atoms with Gasteiger partial charge < -0.3 is 4.74 Å². The van der Waals surface area contributed by atoms with Crippen LogP contribution in [0.15, 0.2) is 79.1 Å². The van der Waals surface area contributed by atoms with Gasteiger partial charge in [-0.1, -0.05) is 59.3 Å². The second kappa shape index (κ2) is 8.97. The van der Waals surface area contributed by atoms with Crippen molar-refractivity contribution in [2.45, 2.75) is 0 Å². The standard InChI is InChI=1S/C25H17ClN4O2S/c1-32-20-7-3-2-5-18(20)19-6-4-12-27-22(19)24(31)30-25-29-23-21(33-25)13-16(14-28-23)15-8-10-17(26)11-9-15/h2-14H,1H3,(H,28,29,30,31). The average Bonchev–Trinajstić information content (AvgIpc) is 3.26. The Morgan fingerprint density at radius 2 is 1.76 bits per heavy atom. The van der Waals surface area contributed by atoms with Gasteiger partial charge in [0.2, 0.25) is 0 Å². The molecule has 6 nitrogen and oxygen atoms in total. The zero-order valence-electron chi connectivity index (χ0n) is 17.4. The fourth-order valence-electron chi connectivity index (χ4n) is 3.50. The number of benzene rings is 2. The number of pyridine rings is 2. The molecule has 0 saturated carbocycles. The highest BCUT2D eigenvalue weighted by Crippen LogP contribution is 2.33. The van der Waals surface area contributed by atoms with Crippen LogP contribution in [0.4, 0.5) is 5.13 Å². The number of nitrogens with zero attached hydrogens (tertiary/aromatic N) is 3. The molecule has 33 heavy (non-hydrogen) atoms. The molecule has 0 bridgehead atoms. The number of hydrogen-bond acceptors (Lipinski definition) is 6. The minimum absolute atomic E-state index is 0.288. The van der Waals surface area contributed by atoms with Gasteiger partial charge in [-0.3, -0.25) is 15.1 Å². The Hall–Kier alpha value is -3.81. The van der Waals surface area contributed by atoms with Gasteiger partial charge in [0.1, 0.15) is 11.4 Å². The summed E-state index contributed by atoms with van der Waals surface area (Å²) in [7, 11) is 1.60. The lowest BCUT2D eigenvalue weighted by Gasteiger charge is -2.11. The van der Waals surface area contributed by atoms with E-state index >= 15 is 0 Å². The highest BCUT2D eigenvalue weighted by Gasteiger charge is 2.18. The summed E-state index contributed by atoms with van der Waals surface area (Å²) in [5.74, 6) is 0.312. The van der Waals surface area contributed by atoms with Crippen molar-refractivity contribution in [3.05, 3.63) is 89.8 Å². The van der Waals surface area contributed by atoms with E-state index in [-0.39, 0.29) is 11.6 Å². The predicted molar refractivity (Wildman–Crippen MR) is 132 cm³/mol. The summed E-state index contributed by atoms with van der Waals surface area (Å²) in [4.78, 5) is 26.4. The van der Waals surface area contributed by atoms with Gasteiger partial charge in [0, 0.05) is 34.1 Å². The Morgan fingerprint density at radius 3 is 2.58 bits per heavy atom. The number of carbonyl (C=O) groups excluding carboxylic acids is 1. The number of carbonyl (C=O) groups is 1. The largest absolute Gasteiger partial charge is 0.496 e. The van der Waals surface area contributed by atoms with Crippen molar-refractivity contribution >= 4 is 44.3 Å². The Kier molecular flexibility index (Phi) is 5.73. The molecular formula is C25H17ClN4O2S. The van der Waals surface area contributed by atoms with E-state index in [1.165, 1.54) is 11.3 Å². The number of amides is 1. The number of ether oxygens (including phenoxy) is 1. The van der Waals surface area contributed by atoms with Crippen LogP contribution in [0, 0.1) is 0 Å². The monoisotopic (exact) mass is 472 g/mol. The Morgan fingerprint density at radius 1 is 0.970 bits per heavy atom. The maximum absolute atomic E-state index is 13.1. The first kappa shape index (κ1) is 21.1. The van der Waals surface area contributed by atoms with Crippen LogP contribution in [0.25, 0.3) is 32.6 Å². The van der Waals surface area contributed by atoms with E-state index in [1.54, 1.807) is 25.6 Å². The SMILES string of the molecule is COc1ccccc1-c1cccnc1C(=O)Nc1nc2ncc(-c3ccc(Cl)cc3)cc2s1. The van der Waals surface area contributed by atoms with Gasteiger partial charge in [0.25, 0.3) is 5.91 Å². The summed E-state index contributed by atoms with van der Waals surface area (Å²) in [5, 5.41) is 4.00. The maximum atomic E-state index is 13.1. The van der Waals surface area contributed by atoms with Crippen LogP contribution < -0.4 is 10.1 Å². The second-order valence-electron chi connectivity index (χ2n) is 7.13. The zero-order valence-corrected chi connectivity index (χ0v) is 19.0. The quantitative estimate of drug-likeness (QED) is 0.323. The van der Waals surface area contributed by atoms with Crippen molar-refractivity contribution in [2.75, 3.05) is 12.4 Å². The number of methoxy groups -OCH3 is 1. The molecule has 2 aromatic carbocycles. The normalized spacial score (nSPS) is 10.8. The molecule has 0 radical (unpaired) electrons. The highest BCUT2D eigenvalue weighted by atomic mass is 35.5. The van der Waals surface area contributed by atoms with Crippen LogP contribution in [0.3, 0.4) is 0 Å². The molecule has 5 rings (SSSR count). The highest BCUT2D eigenvalue weighted by molar-refractivity contribution is 7.22. The smallest absolute Gasteiger partial charge is 0.276 e. The van der Waals surface area contributed by atoms with Crippen molar-refractivity contribution in [1.29, 1.82) is 0 Å². The fourth-order valence-corrected chi connectivity index (χ4v) is 4.49. The topological polar surface area (TPSA) is 77.0 Å². The number of aromatic nitrogens is 3. The lowest BCUT2D eigenvalue weighted by atomic mass is 10.0. The summed E-state index contributed by atoms with van der Waals surface area (Å²) in [6.07, 6.45) is 3.35. The Bertz CT molecular complexity index is 1470. The molecule has 0 spiro atoms. The van der Waals surface area contributed by atoms with Crippen molar-refractivity contribution in [3.8, 4) is 28.0 Å². The molecule has 0 aliphatic heterocycles. The third-order valence-electron chi connectivity index (χ3n) is 5.06. The summed E-state index contributed by atoms with van der Waals surface area (Å²) in [5.41, 5.74) is 4.27. The molecule has 0 fully saturated rings. The third kappa shape index (κ3) is 4.28. The number of anilines is 1. The molecule has 0 unspecified atom stereocenters. The number of halogens is 1. The lowest BCUT2D eigenvalue weighted by Crippen LogP contribution is -2.15. The van der Waals surface area contributed by atoms with Crippen LogP contribution >= 0.6 is 22.9 Å². The van der Waals surface area contributed by atoms with Gasteiger partial charge in [-0.05, 0) is 35.9 Å². The number of para-hydroxylation sites is 1. The summed E-state index contributed by atoms with van der Waals surface area (Å²) in [6.45, 7) is 0. The van der Waals surface area contributed by atoms with Crippen LogP contribution in [-0.2, 0) is 0 Å². The molecule has 162 valence electrons. The first-order valence-corrected chi connectivity index (χ1v) is 11.2. The molecule has 0 aliphatic rings. The summed E-state index contributed by atoms with van der Waals surface area (Å²) >= 11 is 7.35. The third-order valence-corrected chi connectivity index (χ3v) is 6.22. The zero-order chi connectivity index (χ0) is 22.8. The Balaban J connectivity index is 1.45. The molecule has 0 saturated heterocycles. The molecule has 1 N–H and O–H groups in total. The molecular weight excluding hydrogens is 456 g/mol. The Labute approximate surface area is 198 Å². The van der Waals surface area contributed by atoms with Crippen molar-refractivity contribution in [3.63, 3.8) is 0 Å². The summed E-state index contributed by atoms with van der Waals surface area (Å²) < 4.78 is 6.33. The molecule has 1 amide bonds. The van der Waals surface area contributed by atoms with E-state index in [0.29, 0.717) is 27.1 Å². The van der Waals surface area contributed by atoms with Crippen molar-refractivity contribution in [1.82, 2.24) is 15.0 Å². The molecule has 3 aromatic heterocycles. The van der Waals surface area contributed by atoms with E-state index in [0.717, 1.165) is 21.4 Å². The molecule has 5 aromatic rings. The minimum Gasteiger partial charge on any atom is -0.496 e. The van der Waals surface area contributed by atoms with E-state index in [9.17, 15) is 4.79 Å².